The van der Waals surface area contributed by atoms with Crippen LogP contribution in [0.2, 0.25) is 5.02 Å². The SMILES string of the molecule is O=S(=O)(c1ccc(Cl)cc1)N(CCc1ccc(CCCCO)cc1)Cc1ccccc1. The zero-order valence-corrected chi connectivity index (χ0v) is 19.0. The molecule has 3 rings (SSSR count). The highest BCUT2D eigenvalue weighted by Gasteiger charge is 2.24. The second-order valence-corrected chi connectivity index (χ2v) is 9.90. The smallest absolute Gasteiger partial charge is 0.243 e. The fraction of sp³-hybridized carbons (Fsp3) is 0.280. The van der Waals surface area contributed by atoms with E-state index >= 15 is 0 Å². The van der Waals surface area contributed by atoms with E-state index in [4.69, 9.17) is 16.7 Å². The first-order valence-electron chi connectivity index (χ1n) is 10.5. The van der Waals surface area contributed by atoms with Crippen molar-refractivity contribution in [1.82, 2.24) is 4.31 Å². The van der Waals surface area contributed by atoms with Crippen molar-refractivity contribution in [3.63, 3.8) is 0 Å². The Morgan fingerprint density at radius 3 is 1.97 bits per heavy atom. The third kappa shape index (κ3) is 6.91. The van der Waals surface area contributed by atoms with Crippen LogP contribution in [0.4, 0.5) is 0 Å². The molecule has 4 nitrogen and oxygen atoms in total. The number of aliphatic hydroxyl groups is 1. The van der Waals surface area contributed by atoms with Gasteiger partial charge in [-0.15, -0.1) is 0 Å². The molecule has 31 heavy (non-hydrogen) atoms. The van der Waals surface area contributed by atoms with E-state index in [0.29, 0.717) is 24.5 Å². The van der Waals surface area contributed by atoms with E-state index in [1.165, 1.54) is 9.87 Å². The zero-order chi connectivity index (χ0) is 22.1. The van der Waals surface area contributed by atoms with E-state index in [1.54, 1.807) is 24.3 Å². The molecule has 0 amide bonds. The number of benzene rings is 3. The third-order valence-corrected chi connectivity index (χ3v) is 7.31. The van der Waals surface area contributed by atoms with Gasteiger partial charge in [0.15, 0.2) is 0 Å². The summed E-state index contributed by atoms with van der Waals surface area (Å²) in [6.45, 7) is 0.909. The summed E-state index contributed by atoms with van der Waals surface area (Å²) in [4.78, 5) is 0.243. The summed E-state index contributed by atoms with van der Waals surface area (Å²) in [5.74, 6) is 0. The van der Waals surface area contributed by atoms with Gasteiger partial charge in [-0.3, -0.25) is 0 Å². The number of halogens is 1. The van der Waals surface area contributed by atoms with Crippen LogP contribution in [0.25, 0.3) is 0 Å². The van der Waals surface area contributed by atoms with Gasteiger partial charge in [-0.2, -0.15) is 4.31 Å². The summed E-state index contributed by atoms with van der Waals surface area (Å²) < 4.78 is 28.2. The van der Waals surface area contributed by atoms with E-state index in [-0.39, 0.29) is 11.5 Å². The molecule has 0 saturated heterocycles. The number of rotatable bonds is 11. The van der Waals surface area contributed by atoms with Crippen molar-refractivity contribution in [3.8, 4) is 0 Å². The summed E-state index contributed by atoms with van der Waals surface area (Å²) >= 11 is 5.94. The summed E-state index contributed by atoms with van der Waals surface area (Å²) in [5.41, 5.74) is 3.27. The fourth-order valence-electron chi connectivity index (χ4n) is 3.39. The number of nitrogens with zero attached hydrogens (tertiary/aromatic N) is 1. The molecule has 0 aliphatic heterocycles. The van der Waals surface area contributed by atoms with Gasteiger partial charge in [0, 0.05) is 24.7 Å². The van der Waals surface area contributed by atoms with Gasteiger partial charge in [0.05, 0.1) is 4.90 Å². The molecule has 0 heterocycles. The Kier molecular flexibility index (Phi) is 8.67. The monoisotopic (exact) mass is 457 g/mol. The standard InChI is InChI=1S/C25H28ClNO3S/c26-24-13-15-25(16-14-24)31(29,30)27(20-23-7-2-1-3-8-23)18-17-22-11-9-21(10-12-22)6-4-5-19-28/h1-3,7-16,28H,4-6,17-20H2. The van der Waals surface area contributed by atoms with Crippen LogP contribution in [0.15, 0.2) is 83.8 Å². The second-order valence-electron chi connectivity index (χ2n) is 7.53. The number of aliphatic hydroxyl groups excluding tert-OH is 1. The highest BCUT2D eigenvalue weighted by Crippen LogP contribution is 2.21. The molecule has 0 bridgehead atoms. The first-order chi connectivity index (χ1) is 15.0. The average Bonchev–Trinajstić information content (AvgIpc) is 2.78. The lowest BCUT2D eigenvalue weighted by Gasteiger charge is -2.22. The minimum atomic E-state index is -3.66. The molecule has 0 radical (unpaired) electrons. The first kappa shape index (κ1) is 23.5. The summed E-state index contributed by atoms with van der Waals surface area (Å²) in [6, 6.07) is 24.2. The van der Waals surface area contributed by atoms with Gasteiger partial charge in [-0.1, -0.05) is 66.2 Å². The third-order valence-electron chi connectivity index (χ3n) is 5.20. The van der Waals surface area contributed by atoms with Crippen LogP contribution in [0.3, 0.4) is 0 Å². The molecule has 0 aliphatic carbocycles. The average molecular weight is 458 g/mol. The molecular weight excluding hydrogens is 430 g/mol. The van der Waals surface area contributed by atoms with Gasteiger partial charge in [0.2, 0.25) is 10.0 Å². The molecule has 0 aromatic heterocycles. The number of aryl methyl sites for hydroxylation is 1. The van der Waals surface area contributed by atoms with E-state index in [2.05, 4.69) is 24.3 Å². The maximum absolute atomic E-state index is 13.3. The Labute approximate surface area is 190 Å². The van der Waals surface area contributed by atoms with Crippen molar-refractivity contribution >= 4 is 21.6 Å². The second kappa shape index (κ2) is 11.4. The predicted octanol–water partition coefficient (Wildman–Crippen LogP) is 5.09. The van der Waals surface area contributed by atoms with Crippen LogP contribution in [0, 0.1) is 0 Å². The summed E-state index contributed by atoms with van der Waals surface area (Å²) in [5, 5.41) is 9.42. The molecule has 0 spiro atoms. The summed E-state index contributed by atoms with van der Waals surface area (Å²) in [7, 11) is -3.66. The van der Waals surface area contributed by atoms with Crippen LogP contribution in [-0.2, 0) is 29.4 Å². The van der Waals surface area contributed by atoms with Crippen LogP contribution >= 0.6 is 11.6 Å². The number of sulfonamides is 1. The highest BCUT2D eigenvalue weighted by atomic mass is 35.5. The van der Waals surface area contributed by atoms with Crippen molar-refractivity contribution in [3.05, 3.63) is 101 Å². The Hall–Kier alpha value is -2.18. The van der Waals surface area contributed by atoms with Crippen LogP contribution < -0.4 is 0 Å². The van der Waals surface area contributed by atoms with E-state index in [1.807, 2.05) is 30.3 Å². The lowest BCUT2D eigenvalue weighted by Crippen LogP contribution is -2.32. The molecule has 6 heteroatoms. The Bertz CT molecular complexity index is 1040. The molecule has 0 aliphatic rings. The molecule has 0 atom stereocenters. The van der Waals surface area contributed by atoms with Crippen molar-refractivity contribution in [2.75, 3.05) is 13.2 Å². The molecular formula is C25H28ClNO3S. The quantitative estimate of drug-likeness (QED) is 0.408. The largest absolute Gasteiger partial charge is 0.396 e. The maximum Gasteiger partial charge on any atom is 0.243 e. The van der Waals surface area contributed by atoms with Crippen molar-refractivity contribution in [1.29, 1.82) is 0 Å². The fourth-order valence-corrected chi connectivity index (χ4v) is 4.95. The molecule has 0 unspecified atom stereocenters. The topological polar surface area (TPSA) is 57.6 Å². The highest BCUT2D eigenvalue weighted by molar-refractivity contribution is 7.89. The van der Waals surface area contributed by atoms with Gasteiger partial charge in [0.25, 0.3) is 0 Å². The lowest BCUT2D eigenvalue weighted by molar-refractivity contribution is 0.284. The minimum absolute atomic E-state index is 0.220. The molecule has 1 N–H and O–H groups in total. The summed E-state index contributed by atoms with van der Waals surface area (Å²) in [6.07, 6.45) is 3.32. The first-order valence-corrected chi connectivity index (χ1v) is 12.3. The van der Waals surface area contributed by atoms with Crippen molar-refractivity contribution in [2.24, 2.45) is 0 Å². The van der Waals surface area contributed by atoms with E-state index in [9.17, 15) is 8.42 Å². The molecule has 0 fully saturated rings. The van der Waals surface area contributed by atoms with Gasteiger partial charge in [-0.05, 0) is 66.6 Å². The van der Waals surface area contributed by atoms with Crippen molar-refractivity contribution < 1.29 is 13.5 Å². The normalized spacial score (nSPS) is 11.7. The minimum Gasteiger partial charge on any atom is -0.396 e. The molecule has 3 aromatic rings. The number of hydrogen-bond acceptors (Lipinski definition) is 3. The molecule has 0 saturated carbocycles. The molecule has 3 aromatic carbocycles. The molecule has 164 valence electrons. The Balaban J connectivity index is 1.74. The van der Waals surface area contributed by atoms with Crippen molar-refractivity contribution in [2.45, 2.75) is 37.1 Å². The predicted molar refractivity (Wildman–Crippen MR) is 126 cm³/mol. The van der Waals surface area contributed by atoms with E-state index in [0.717, 1.165) is 30.4 Å². The van der Waals surface area contributed by atoms with Gasteiger partial charge < -0.3 is 5.11 Å². The van der Waals surface area contributed by atoms with Gasteiger partial charge in [0.1, 0.15) is 0 Å². The number of unbranched alkanes of at least 4 members (excludes halogenated alkanes) is 1. The Morgan fingerprint density at radius 1 is 0.742 bits per heavy atom. The van der Waals surface area contributed by atoms with Crippen LogP contribution in [0.1, 0.15) is 29.5 Å². The van der Waals surface area contributed by atoms with E-state index < -0.39 is 10.0 Å². The lowest BCUT2D eigenvalue weighted by atomic mass is 10.0. The maximum atomic E-state index is 13.3. The number of hydrogen-bond donors (Lipinski definition) is 1. The van der Waals surface area contributed by atoms with Gasteiger partial charge in [-0.25, -0.2) is 8.42 Å². The van der Waals surface area contributed by atoms with Gasteiger partial charge >= 0.3 is 0 Å². The van der Waals surface area contributed by atoms with Crippen LogP contribution in [0.5, 0.6) is 0 Å². The zero-order valence-electron chi connectivity index (χ0n) is 17.5. The Morgan fingerprint density at radius 2 is 1.35 bits per heavy atom. The van der Waals surface area contributed by atoms with Crippen LogP contribution in [-0.4, -0.2) is 31.0 Å².